The average Bonchev–Trinajstić information content (AvgIpc) is 3.16. The summed E-state index contributed by atoms with van der Waals surface area (Å²) in [6, 6.07) is 5.94. The minimum Gasteiger partial charge on any atom is -0.480 e. The standard InChI is InChI=1S/C18H22N4O5S/c1-21(2)28(24,25)15-6-4-13(5-7-15)18(23)22-9-8-14(12-22)27-17-11-19-10-16(20-17)26-3/h4-7,10-11,14H,8-9,12H2,1-3H3. The van der Waals surface area contributed by atoms with Gasteiger partial charge in [-0.15, -0.1) is 0 Å². The third-order valence-electron chi connectivity index (χ3n) is 4.40. The first-order chi connectivity index (χ1) is 13.3. The highest BCUT2D eigenvalue weighted by atomic mass is 32.2. The van der Waals surface area contributed by atoms with Gasteiger partial charge in [0.15, 0.2) is 0 Å². The Bertz CT molecular complexity index is 947. The Balaban J connectivity index is 1.64. The second-order valence-electron chi connectivity index (χ2n) is 6.49. The van der Waals surface area contributed by atoms with E-state index in [2.05, 4.69) is 9.97 Å². The molecule has 0 aliphatic carbocycles. The van der Waals surface area contributed by atoms with Crippen LogP contribution in [-0.4, -0.2) is 73.9 Å². The Hall–Kier alpha value is -2.72. The van der Waals surface area contributed by atoms with E-state index in [4.69, 9.17) is 9.47 Å². The minimum atomic E-state index is -3.52. The van der Waals surface area contributed by atoms with E-state index in [1.54, 1.807) is 4.90 Å². The Morgan fingerprint density at radius 1 is 1.18 bits per heavy atom. The number of carbonyl (C=O) groups excluding carboxylic acids is 1. The number of hydrogen-bond donors (Lipinski definition) is 0. The molecule has 1 aromatic heterocycles. The van der Waals surface area contributed by atoms with Gasteiger partial charge in [-0.1, -0.05) is 0 Å². The zero-order chi connectivity index (χ0) is 20.3. The van der Waals surface area contributed by atoms with Crippen LogP contribution >= 0.6 is 0 Å². The fourth-order valence-electron chi connectivity index (χ4n) is 2.83. The molecule has 1 saturated heterocycles. The fraction of sp³-hybridized carbons (Fsp3) is 0.389. The van der Waals surface area contributed by atoms with Crippen molar-refractivity contribution in [3.63, 3.8) is 0 Å². The van der Waals surface area contributed by atoms with Crippen LogP contribution in [0.5, 0.6) is 11.8 Å². The summed E-state index contributed by atoms with van der Waals surface area (Å²) in [5.74, 6) is 0.532. The molecule has 10 heteroatoms. The van der Waals surface area contributed by atoms with E-state index in [1.165, 1.54) is 57.9 Å². The molecular formula is C18H22N4O5S. The van der Waals surface area contributed by atoms with E-state index in [1.807, 2.05) is 0 Å². The number of aromatic nitrogens is 2. The van der Waals surface area contributed by atoms with Crippen LogP contribution in [-0.2, 0) is 10.0 Å². The molecule has 1 atom stereocenters. The fourth-order valence-corrected chi connectivity index (χ4v) is 3.73. The summed E-state index contributed by atoms with van der Waals surface area (Å²) in [6.45, 7) is 0.952. The number of likely N-dealkylation sites (tertiary alicyclic amines) is 1. The van der Waals surface area contributed by atoms with Crippen LogP contribution in [0.4, 0.5) is 0 Å². The van der Waals surface area contributed by atoms with E-state index in [-0.39, 0.29) is 16.9 Å². The largest absolute Gasteiger partial charge is 0.480 e. The van der Waals surface area contributed by atoms with E-state index >= 15 is 0 Å². The van der Waals surface area contributed by atoms with Crippen LogP contribution < -0.4 is 9.47 Å². The lowest BCUT2D eigenvalue weighted by atomic mass is 10.2. The molecule has 2 aromatic rings. The van der Waals surface area contributed by atoms with Crippen molar-refractivity contribution in [3.05, 3.63) is 42.2 Å². The molecule has 150 valence electrons. The summed E-state index contributed by atoms with van der Waals surface area (Å²) in [5, 5.41) is 0. The van der Waals surface area contributed by atoms with Crippen molar-refractivity contribution in [2.45, 2.75) is 17.4 Å². The number of rotatable bonds is 6. The van der Waals surface area contributed by atoms with Crippen LogP contribution in [0.15, 0.2) is 41.6 Å². The van der Waals surface area contributed by atoms with E-state index in [0.717, 1.165) is 4.31 Å². The van der Waals surface area contributed by atoms with Gasteiger partial charge in [0.25, 0.3) is 5.91 Å². The summed E-state index contributed by atoms with van der Waals surface area (Å²) in [5.41, 5.74) is 0.430. The summed E-state index contributed by atoms with van der Waals surface area (Å²) in [4.78, 5) is 22.7. The molecule has 0 spiro atoms. The van der Waals surface area contributed by atoms with Gasteiger partial charge in [-0.05, 0) is 24.3 Å². The van der Waals surface area contributed by atoms with Crippen molar-refractivity contribution in [1.82, 2.24) is 19.2 Å². The van der Waals surface area contributed by atoms with Crippen molar-refractivity contribution >= 4 is 15.9 Å². The maximum Gasteiger partial charge on any atom is 0.253 e. The molecule has 9 nitrogen and oxygen atoms in total. The van der Waals surface area contributed by atoms with Gasteiger partial charge < -0.3 is 14.4 Å². The van der Waals surface area contributed by atoms with E-state index in [9.17, 15) is 13.2 Å². The van der Waals surface area contributed by atoms with Gasteiger partial charge >= 0.3 is 0 Å². The van der Waals surface area contributed by atoms with Crippen LogP contribution in [0.25, 0.3) is 0 Å². The van der Waals surface area contributed by atoms with Crippen molar-refractivity contribution < 1.29 is 22.7 Å². The van der Waals surface area contributed by atoms with Crippen molar-refractivity contribution in [2.24, 2.45) is 0 Å². The van der Waals surface area contributed by atoms with Crippen molar-refractivity contribution in [2.75, 3.05) is 34.3 Å². The molecule has 1 unspecified atom stereocenters. The molecule has 1 fully saturated rings. The molecule has 1 aromatic carbocycles. The topological polar surface area (TPSA) is 102 Å². The van der Waals surface area contributed by atoms with E-state index < -0.39 is 10.0 Å². The molecule has 1 aliphatic heterocycles. The number of ether oxygens (including phenoxy) is 2. The van der Waals surface area contributed by atoms with Gasteiger partial charge in [-0.25, -0.2) is 12.7 Å². The first-order valence-electron chi connectivity index (χ1n) is 8.66. The molecule has 0 saturated carbocycles. The van der Waals surface area contributed by atoms with Gasteiger partial charge in [0.2, 0.25) is 21.8 Å². The lowest BCUT2D eigenvalue weighted by molar-refractivity contribution is 0.0770. The first kappa shape index (κ1) is 20.0. The van der Waals surface area contributed by atoms with Crippen LogP contribution in [0, 0.1) is 0 Å². The SMILES string of the molecule is COc1cncc(OC2CCN(C(=O)c3ccc(S(=O)(=O)N(C)C)cc3)C2)n1. The van der Waals surface area contributed by atoms with Gasteiger partial charge in [-0.3, -0.25) is 9.78 Å². The highest BCUT2D eigenvalue weighted by Crippen LogP contribution is 2.21. The monoisotopic (exact) mass is 406 g/mol. The van der Waals surface area contributed by atoms with Gasteiger partial charge in [0, 0.05) is 32.6 Å². The molecule has 2 heterocycles. The third kappa shape index (κ3) is 4.23. The maximum atomic E-state index is 12.7. The number of amides is 1. The summed E-state index contributed by atoms with van der Waals surface area (Å²) < 4.78 is 36.2. The maximum absolute atomic E-state index is 12.7. The van der Waals surface area contributed by atoms with Gasteiger partial charge in [0.05, 0.1) is 30.9 Å². The quantitative estimate of drug-likeness (QED) is 0.706. The van der Waals surface area contributed by atoms with Crippen LogP contribution in [0.1, 0.15) is 16.8 Å². The number of hydrogen-bond acceptors (Lipinski definition) is 7. The first-order valence-corrected chi connectivity index (χ1v) is 10.1. The van der Waals surface area contributed by atoms with Crippen LogP contribution in [0.3, 0.4) is 0 Å². The summed E-state index contributed by atoms with van der Waals surface area (Å²) >= 11 is 0. The Kier molecular flexibility index (Phi) is 5.80. The molecule has 28 heavy (non-hydrogen) atoms. The molecule has 0 bridgehead atoms. The predicted molar refractivity (Wildman–Crippen MR) is 101 cm³/mol. The Morgan fingerprint density at radius 2 is 1.86 bits per heavy atom. The molecule has 0 radical (unpaired) electrons. The second-order valence-corrected chi connectivity index (χ2v) is 8.64. The summed E-state index contributed by atoms with van der Waals surface area (Å²) in [6.07, 6.45) is 3.45. The molecule has 1 amide bonds. The Labute approximate surface area is 164 Å². The predicted octanol–water partition coefficient (Wildman–Crippen LogP) is 1.03. The highest BCUT2D eigenvalue weighted by molar-refractivity contribution is 7.89. The molecule has 3 rings (SSSR count). The van der Waals surface area contributed by atoms with Gasteiger partial charge in [-0.2, -0.15) is 4.98 Å². The number of sulfonamides is 1. The Morgan fingerprint density at radius 3 is 2.50 bits per heavy atom. The zero-order valence-corrected chi connectivity index (χ0v) is 16.7. The minimum absolute atomic E-state index is 0.147. The molecule has 1 aliphatic rings. The normalized spacial score (nSPS) is 17.0. The van der Waals surface area contributed by atoms with Crippen LogP contribution in [0.2, 0.25) is 0 Å². The third-order valence-corrected chi connectivity index (χ3v) is 6.23. The molecular weight excluding hydrogens is 384 g/mol. The average molecular weight is 406 g/mol. The number of carbonyl (C=O) groups is 1. The second kappa shape index (κ2) is 8.11. The van der Waals surface area contributed by atoms with Crippen molar-refractivity contribution in [3.8, 4) is 11.8 Å². The van der Waals surface area contributed by atoms with Gasteiger partial charge in [0.1, 0.15) is 6.10 Å². The van der Waals surface area contributed by atoms with Crippen molar-refractivity contribution in [1.29, 1.82) is 0 Å². The number of benzene rings is 1. The smallest absolute Gasteiger partial charge is 0.253 e. The van der Waals surface area contributed by atoms with E-state index in [0.29, 0.717) is 36.8 Å². The number of nitrogens with zero attached hydrogens (tertiary/aromatic N) is 4. The lowest BCUT2D eigenvalue weighted by Crippen LogP contribution is -2.31. The summed E-state index contributed by atoms with van der Waals surface area (Å²) in [7, 11) is 0.904. The highest BCUT2D eigenvalue weighted by Gasteiger charge is 2.29. The lowest BCUT2D eigenvalue weighted by Gasteiger charge is -2.17. The zero-order valence-electron chi connectivity index (χ0n) is 15.9. The molecule has 0 N–H and O–H groups in total. The number of methoxy groups -OCH3 is 1.